The number of unbranched alkanes of at least 4 members (excludes halogenated alkanes) is 1. The zero-order chi connectivity index (χ0) is 48.1. The van der Waals surface area contributed by atoms with Crippen LogP contribution in [-0.4, -0.2) is 103 Å². The lowest BCUT2D eigenvalue weighted by Gasteiger charge is -2.33. The number of carbonyl (C=O) groups is 6. The molecule has 0 aromatic heterocycles. The number of fused-ring (bicyclic) bond motifs is 5. The molecular weight excluding hydrogens is 864 g/mol. The molecule has 0 fully saturated rings. The van der Waals surface area contributed by atoms with Gasteiger partial charge in [0.25, 0.3) is 5.91 Å². The second kappa shape index (κ2) is 23.4. The number of hydrogen-bond donors (Lipinski definition) is 8. The van der Waals surface area contributed by atoms with E-state index in [1.54, 1.807) is 60.7 Å². The first-order valence-electron chi connectivity index (χ1n) is 21.6. The van der Waals surface area contributed by atoms with Crippen molar-refractivity contribution in [3.05, 3.63) is 106 Å². The summed E-state index contributed by atoms with van der Waals surface area (Å²) in [7, 11) is 1.40. The molecule has 0 saturated heterocycles. The van der Waals surface area contributed by atoms with Crippen molar-refractivity contribution in [1.29, 1.82) is 0 Å². The van der Waals surface area contributed by atoms with Crippen molar-refractivity contribution in [2.45, 2.75) is 76.7 Å². The maximum Gasteiger partial charge on any atom is 0.251 e. The maximum absolute atomic E-state index is 14.9. The van der Waals surface area contributed by atoms with Crippen molar-refractivity contribution in [3.8, 4) is 45.6 Å². The lowest BCUT2D eigenvalue weighted by molar-refractivity contribution is -0.141. The van der Waals surface area contributed by atoms with Crippen LogP contribution in [0.5, 0.6) is 11.5 Å². The summed E-state index contributed by atoms with van der Waals surface area (Å²) in [5.41, 5.74) is 21.0. The van der Waals surface area contributed by atoms with E-state index in [2.05, 4.69) is 33.1 Å². The number of nitrogens with two attached hydrogens (primary N) is 3. The van der Waals surface area contributed by atoms with Gasteiger partial charge in [0.05, 0.1) is 18.2 Å². The highest BCUT2D eigenvalue weighted by Crippen LogP contribution is 2.42. The number of benzene rings is 4. The summed E-state index contributed by atoms with van der Waals surface area (Å²) in [6.45, 7) is 4.68. The van der Waals surface area contributed by atoms with E-state index in [-0.39, 0.29) is 77.6 Å². The minimum Gasteiger partial charge on any atom is -0.507 e. The Morgan fingerprint density at radius 3 is 2.21 bits per heavy atom. The van der Waals surface area contributed by atoms with Gasteiger partial charge in [0.15, 0.2) is 5.78 Å². The Labute approximate surface area is 389 Å². The number of likely N-dealkylation sites (N-methyl/N-ethyl adjacent to an activating group) is 1. The molecule has 1 aliphatic rings. The molecule has 0 saturated carbocycles. The topological polar surface area (TPSA) is 261 Å². The van der Waals surface area contributed by atoms with Gasteiger partial charge in [-0.25, -0.2) is 0 Å². The Morgan fingerprint density at radius 2 is 1.58 bits per heavy atom. The first-order chi connectivity index (χ1) is 31.6. The van der Waals surface area contributed by atoms with Crippen molar-refractivity contribution in [3.63, 3.8) is 0 Å². The van der Waals surface area contributed by atoms with E-state index in [1.807, 2.05) is 12.1 Å². The molecule has 11 N–H and O–H groups in total. The van der Waals surface area contributed by atoms with Crippen molar-refractivity contribution in [2.75, 3.05) is 33.3 Å². The molecule has 0 radical (unpaired) electrons. The normalized spacial score (nSPS) is 16.8. The fourth-order valence-corrected chi connectivity index (χ4v) is 7.50. The van der Waals surface area contributed by atoms with E-state index in [1.165, 1.54) is 38.8 Å². The first-order valence-corrected chi connectivity index (χ1v) is 22.0. The van der Waals surface area contributed by atoms with Gasteiger partial charge in [0.1, 0.15) is 42.3 Å². The smallest absolute Gasteiger partial charge is 0.251 e. The number of rotatable bonds is 15. The number of phenolic OH excluding ortho intramolecular Hbond substituents is 1. The van der Waals surface area contributed by atoms with Gasteiger partial charge < -0.3 is 53.2 Å². The van der Waals surface area contributed by atoms with Gasteiger partial charge >= 0.3 is 0 Å². The molecule has 16 nitrogen and oxygen atoms in total. The van der Waals surface area contributed by atoms with Crippen LogP contribution in [-0.2, 0) is 30.4 Å². The van der Waals surface area contributed by atoms with E-state index in [0.717, 1.165) is 11.1 Å². The SMILES string of the molecule is CC(=O)[C@H](C)NC(=O)[C@@H]1Cc2ccc(O)c(c2)-c2cc(cc(C#CCN)c2OCCN)[C@H](N(C)C(=O)[C@H](CCCCN)NC(=O)c2ccc(-c3ccc(Cl)cc3)cc2)C(=O)N[C@@H](C)C(=O)N1. The average Bonchev–Trinajstić information content (AvgIpc) is 3.29. The second-order valence-corrected chi connectivity index (χ2v) is 16.5. The minimum absolute atomic E-state index is 0.0283. The zero-order valence-electron chi connectivity index (χ0n) is 37.4. The lowest BCUT2D eigenvalue weighted by atomic mass is 9.91. The molecule has 348 valence electrons. The third-order valence-electron chi connectivity index (χ3n) is 11.1. The summed E-state index contributed by atoms with van der Waals surface area (Å²) in [6.07, 6.45) is 1.08. The van der Waals surface area contributed by atoms with Crippen molar-refractivity contribution in [1.82, 2.24) is 26.2 Å². The highest BCUT2D eigenvalue weighted by Gasteiger charge is 2.37. The monoisotopic (exact) mass is 920 g/mol. The number of aromatic hydroxyl groups is 1. The molecule has 17 heteroatoms. The second-order valence-electron chi connectivity index (χ2n) is 16.0. The van der Waals surface area contributed by atoms with Crippen molar-refractivity contribution >= 4 is 46.9 Å². The molecule has 66 heavy (non-hydrogen) atoms. The number of phenols is 1. The molecule has 0 unspecified atom stereocenters. The number of nitrogens with one attached hydrogen (secondary N) is 4. The largest absolute Gasteiger partial charge is 0.507 e. The Bertz CT molecular complexity index is 2490. The summed E-state index contributed by atoms with van der Waals surface area (Å²) in [4.78, 5) is 84.3. The van der Waals surface area contributed by atoms with Crippen LogP contribution in [0.2, 0.25) is 5.02 Å². The Hall–Kier alpha value is -6.77. The molecule has 0 aliphatic carbocycles. The zero-order valence-corrected chi connectivity index (χ0v) is 38.2. The van der Waals surface area contributed by atoms with E-state index < -0.39 is 59.7 Å². The standard InChI is InChI=1S/C49H57ClN8O8/c1-28(30(3)59)54-47(63)41-25-31-10-19-42(60)38(24-31)39-27-36(26-35(8-7-21-52)44(39)66-23-22-53)43(48(64)55-29(2)45(61)57-41)58(4)49(65)40(9-5-6-20-51)56-46(62)34-13-11-32(12-14-34)33-15-17-37(50)18-16-33/h10-19,24,26-29,40-41,43,60H,5-6,9,20-23,25,51-53H2,1-4H3,(H,54,63)(H,55,64)(H,56,62)(H,57,61)/t28-,29-,40-,41-,43-/m0/s1. The fourth-order valence-electron chi connectivity index (χ4n) is 7.38. The number of nitrogens with zero attached hydrogens (tertiary/aromatic N) is 1. The molecule has 5 rings (SSSR count). The number of Topliss-reactive ketones (excluding diaryl/α,β-unsaturated/α-hetero) is 1. The van der Waals surface area contributed by atoms with E-state index in [9.17, 15) is 33.9 Å². The number of ether oxygens (including phenoxy) is 1. The number of carbonyl (C=O) groups excluding carboxylic acids is 6. The molecular formula is C49H57ClN8O8. The minimum atomic E-state index is -1.50. The van der Waals surface area contributed by atoms with Gasteiger partial charge in [-0.05, 0) is 117 Å². The number of ketones is 1. The van der Waals surface area contributed by atoms with Gasteiger partial charge in [-0.3, -0.25) is 28.8 Å². The third-order valence-corrected chi connectivity index (χ3v) is 11.4. The third kappa shape index (κ3) is 12.7. The highest BCUT2D eigenvalue weighted by atomic mass is 35.5. The molecule has 5 atom stereocenters. The van der Waals surface area contributed by atoms with E-state index in [4.69, 9.17) is 33.5 Å². The van der Waals surface area contributed by atoms with E-state index >= 15 is 0 Å². The Kier molecular flexibility index (Phi) is 17.8. The van der Waals surface area contributed by atoms with E-state index in [0.29, 0.717) is 30.0 Å². The average molecular weight is 921 g/mol. The van der Waals surface area contributed by atoms with Gasteiger partial charge in [-0.2, -0.15) is 0 Å². The summed E-state index contributed by atoms with van der Waals surface area (Å²) in [6, 6.07) is 15.8. The molecule has 0 spiro atoms. The van der Waals surface area contributed by atoms with Crippen LogP contribution in [0.3, 0.4) is 0 Å². The lowest BCUT2D eigenvalue weighted by Crippen LogP contribution is -2.56. The first kappa shape index (κ1) is 50.2. The molecule has 4 bridgehead atoms. The molecule has 5 amide bonds. The number of halogens is 1. The van der Waals surface area contributed by atoms with Crippen LogP contribution in [0.15, 0.2) is 78.9 Å². The predicted octanol–water partition coefficient (Wildman–Crippen LogP) is 3.09. The van der Waals surface area contributed by atoms with Crippen LogP contribution in [0.1, 0.15) is 73.1 Å². The summed E-state index contributed by atoms with van der Waals surface area (Å²) in [5, 5.41) is 23.0. The predicted molar refractivity (Wildman–Crippen MR) is 252 cm³/mol. The van der Waals surface area contributed by atoms with Gasteiger partial charge in [0.2, 0.25) is 23.6 Å². The van der Waals surface area contributed by atoms with Gasteiger partial charge in [-0.15, -0.1) is 0 Å². The van der Waals surface area contributed by atoms with Crippen molar-refractivity contribution in [2.24, 2.45) is 17.2 Å². The number of amides is 5. The molecule has 1 aliphatic heterocycles. The Morgan fingerprint density at radius 1 is 0.894 bits per heavy atom. The number of hydrogen-bond acceptors (Lipinski definition) is 11. The molecule has 4 aromatic carbocycles. The van der Waals surface area contributed by atoms with Crippen LogP contribution in [0, 0.1) is 11.8 Å². The Balaban J connectivity index is 1.64. The van der Waals surface area contributed by atoms with Crippen LogP contribution >= 0.6 is 11.6 Å². The van der Waals surface area contributed by atoms with Crippen LogP contribution < -0.4 is 43.2 Å². The van der Waals surface area contributed by atoms with Gasteiger partial charge in [0, 0.05) is 41.7 Å². The quantitative estimate of drug-likeness (QED) is 0.0635. The summed E-state index contributed by atoms with van der Waals surface area (Å²) >= 11 is 6.07. The maximum atomic E-state index is 14.9. The van der Waals surface area contributed by atoms with Gasteiger partial charge in [-0.1, -0.05) is 53.8 Å². The fraction of sp³-hybridized carbons (Fsp3) is 0.347. The van der Waals surface area contributed by atoms with Crippen LogP contribution in [0.25, 0.3) is 22.3 Å². The van der Waals surface area contributed by atoms with Crippen molar-refractivity contribution < 1.29 is 38.6 Å². The summed E-state index contributed by atoms with van der Waals surface area (Å²) < 4.78 is 6.18. The molecule has 4 aromatic rings. The van der Waals surface area contributed by atoms with Crippen LogP contribution in [0.4, 0.5) is 0 Å². The summed E-state index contributed by atoms with van der Waals surface area (Å²) in [5.74, 6) is 2.11. The molecule has 1 heterocycles. The highest BCUT2D eigenvalue weighted by molar-refractivity contribution is 6.30.